The van der Waals surface area contributed by atoms with Crippen LogP contribution in [0.15, 0.2) is 58.8 Å². The van der Waals surface area contributed by atoms with E-state index in [4.69, 9.17) is 0 Å². The minimum atomic E-state index is -4.85. The summed E-state index contributed by atoms with van der Waals surface area (Å²) in [7, 11) is -4.61. The lowest BCUT2D eigenvalue weighted by Crippen LogP contribution is -2.32. The molecule has 0 amide bonds. The molecule has 1 heterocycles. The summed E-state index contributed by atoms with van der Waals surface area (Å²) in [5, 5.41) is 2.30. The molecule has 0 radical (unpaired) electrons. The average molecular weight is 430 g/mol. The van der Waals surface area contributed by atoms with Gasteiger partial charge in [0.2, 0.25) is 0 Å². The Balaban J connectivity index is 2.15. The van der Waals surface area contributed by atoms with Crippen molar-refractivity contribution in [2.75, 3.05) is 4.31 Å². The molecule has 10 heteroatoms. The van der Waals surface area contributed by atoms with Crippen molar-refractivity contribution in [1.82, 2.24) is 4.98 Å². The molecule has 0 fully saturated rings. The number of benzene rings is 2. The van der Waals surface area contributed by atoms with Crippen molar-refractivity contribution in [1.29, 1.82) is 0 Å². The summed E-state index contributed by atoms with van der Waals surface area (Å²) in [6.45, 7) is 1.44. The second kappa shape index (κ2) is 7.51. The van der Waals surface area contributed by atoms with Gasteiger partial charge in [-0.1, -0.05) is 12.1 Å². The van der Waals surface area contributed by atoms with E-state index in [0.717, 1.165) is 28.6 Å². The predicted molar refractivity (Wildman–Crippen MR) is 98.1 cm³/mol. The van der Waals surface area contributed by atoms with E-state index in [2.05, 4.69) is 4.98 Å². The highest BCUT2D eigenvalue weighted by Gasteiger charge is 2.39. The van der Waals surface area contributed by atoms with E-state index in [1.54, 1.807) is 12.3 Å². The van der Waals surface area contributed by atoms with Gasteiger partial charge < -0.3 is 0 Å². The van der Waals surface area contributed by atoms with Crippen molar-refractivity contribution < 1.29 is 26.0 Å². The van der Waals surface area contributed by atoms with E-state index in [-0.39, 0.29) is 12.2 Å². The predicted octanol–water partition coefficient (Wildman–Crippen LogP) is 5.00. The normalized spacial score (nSPS) is 12.2. The third-order valence-corrected chi connectivity index (χ3v) is 6.50. The minimum Gasteiger partial charge on any atom is -0.260 e. The fourth-order valence-corrected chi connectivity index (χ4v) is 4.85. The maximum absolute atomic E-state index is 13.4. The number of thiazole rings is 1. The molecule has 0 saturated carbocycles. The third-order valence-electron chi connectivity index (χ3n) is 3.85. The quantitative estimate of drug-likeness (QED) is 0.535. The molecule has 0 aliphatic heterocycles. The molecule has 1 aromatic heterocycles. The molecule has 0 saturated heterocycles. The van der Waals surface area contributed by atoms with Crippen LogP contribution in [0, 0.1) is 12.7 Å². The van der Waals surface area contributed by atoms with Crippen LogP contribution in [0.25, 0.3) is 0 Å². The lowest BCUT2D eigenvalue weighted by atomic mass is 10.2. The van der Waals surface area contributed by atoms with Crippen LogP contribution >= 0.6 is 11.3 Å². The number of rotatable bonds is 5. The van der Waals surface area contributed by atoms with E-state index >= 15 is 0 Å². The Bertz CT molecular complexity index is 1080. The van der Waals surface area contributed by atoms with E-state index in [1.165, 1.54) is 29.5 Å². The number of sulfonamides is 1. The fourth-order valence-electron chi connectivity index (χ4n) is 2.59. The van der Waals surface area contributed by atoms with Gasteiger partial charge in [-0.15, -0.1) is 11.3 Å². The van der Waals surface area contributed by atoms with Gasteiger partial charge in [-0.2, -0.15) is 13.2 Å². The van der Waals surface area contributed by atoms with Crippen LogP contribution in [0.3, 0.4) is 0 Å². The highest BCUT2D eigenvalue weighted by molar-refractivity contribution is 7.92. The summed E-state index contributed by atoms with van der Waals surface area (Å²) >= 11 is 1.29. The van der Waals surface area contributed by atoms with Crippen molar-refractivity contribution in [2.24, 2.45) is 0 Å². The second-order valence-corrected chi connectivity index (χ2v) is 8.73. The molecule has 0 spiro atoms. The van der Waals surface area contributed by atoms with E-state index in [0.29, 0.717) is 16.8 Å². The first-order valence-electron chi connectivity index (χ1n) is 7.94. The van der Waals surface area contributed by atoms with Gasteiger partial charge in [0.15, 0.2) is 0 Å². The van der Waals surface area contributed by atoms with Crippen LogP contribution in [-0.2, 0) is 22.7 Å². The molecule has 0 bridgehead atoms. The number of aromatic nitrogens is 1. The number of alkyl halides is 3. The number of hydrogen-bond donors (Lipinski definition) is 0. The smallest absolute Gasteiger partial charge is 0.260 e. The van der Waals surface area contributed by atoms with E-state index in [9.17, 15) is 26.0 Å². The maximum atomic E-state index is 13.4. The van der Waals surface area contributed by atoms with Gasteiger partial charge in [0.25, 0.3) is 10.0 Å². The average Bonchev–Trinajstić information content (AvgIpc) is 3.05. The Kier molecular flexibility index (Phi) is 5.44. The van der Waals surface area contributed by atoms with Gasteiger partial charge in [0.05, 0.1) is 33.4 Å². The number of hydrogen-bond acceptors (Lipinski definition) is 4. The number of aryl methyl sites for hydroxylation is 1. The molecule has 0 aliphatic carbocycles. The van der Waals surface area contributed by atoms with Gasteiger partial charge in [-0.25, -0.2) is 17.8 Å². The van der Waals surface area contributed by atoms with Crippen LogP contribution in [0.4, 0.5) is 23.2 Å². The molecule has 148 valence electrons. The molecule has 3 rings (SSSR count). The summed E-state index contributed by atoms with van der Waals surface area (Å²) in [6.07, 6.45) is -4.85. The Labute approximate surface area is 163 Å². The molecule has 0 atom stereocenters. The maximum Gasteiger partial charge on any atom is 0.417 e. The van der Waals surface area contributed by atoms with Crippen molar-refractivity contribution in [3.05, 3.63) is 76.0 Å². The lowest BCUT2D eigenvalue weighted by molar-refractivity contribution is -0.139. The zero-order valence-electron chi connectivity index (χ0n) is 14.4. The largest absolute Gasteiger partial charge is 0.417 e. The molecular formula is C18H14F4N2O2S2. The van der Waals surface area contributed by atoms with Crippen LogP contribution < -0.4 is 4.31 Å². The Morgan fingerprint density at radius 3 is 2.29 bits per heavy atom. The summed E-state index contributed by atoms with van der Waals surface area (Å²) in [5.74, 6) is -0.596. The molecule has 0 aliphatic rings. The summed E-state index contributed by atoms with van der Waals surface area (Å²) in [5.41, 5.74) is -0.861. The van der Waals surface area contributed by atoms with Crippen molar-refractivity contribution in [2.45, 2.75) is 24.5 Å². The Hall–Kier alpha value is -2.46. The van der Waals surface area contributed by atoms with Gasteiger partial charge in [-0.05, 0) is 43.3 Å². The van der Waals surface area contributed by atoms with Crippen molar-refractivity contribution in [3.63, 3.8) is 0 Å². The highest BCUT2D eigenvalue weighted by atomic mass is 32.2. The Morgan fingerprint density at radius 2 is 1.71 bits per heavy atom. The molecule has 3 aromatic rings. The summed E-state index contributed by atoms with van der Waals surface area (Å²) in [6, 6.07) is 8.43. The first kappa shape index (κ1) is 20.3. The summed E-state index contributed by atoms with van der Waals surface area (Å²) in [4.78, 5) is 3.31. The molecular weight excluding hydrogens is 416 g/mol. The zero-order valence-corrected chi connectivity index (χ0v) is 16.1. The third kappa shape index (κ3) is 4.17. The van der Waals surface area contributed by atoms with Crippen LogP contribution in [-0.4, -0.2) is 13.4 Å². The van der Waals surface area contributed by atoms with E-state index < -0.39 is 32.5 Å². The molecule has 4 nitrogen and oxygen atoms in total. The highest BCUT2D eigenvalue weighted by Crippen LogP contribution is 2.36. The van der Waals surface area contributed by atoms with Gasteiger partial charge >= 0.3 is 6.18 Å². The van der Waals surface area contributed by atoms with Crippen LogP contribution in [0.2, 0.25) is 0 Å². The van der Waals surface area contributed by atoms with E-state index in [1.807, 2.05) is 0 Å². The first-order valence-corrected chi connectivity index (χ1v) is 10.3. The standard InChI is InChI=1S/C18H14F4N2O2S2/c1-12-23-14(11-27-12)10-24(15-8-6-13(19)7-9-15)28(25,26)17-5-3-2-4-16(17)18(20,21)22/h2-9,11H,10H2,1H3. The van der Waals surface area contributed by atoms with Gasteiger partial charge in [0, 0.05) is 5.38 Å². The van der Waals surface area contributed by atoms with Crippen LogP contribution in [0.5, 0.6) is 0 Å². The SMILES string of the molecule is Cc1nc(CN(c2ccc(F)cc2)S(=O)(=O)c2ccccc2C(F)(F)F)cs1. The molecule has 0 unspecified atom stereocenters. The monoisotopic (exact) mass is 430 g/mol. The number of anilines is 1. The number of nitrogens with zero attached hydrogens (tertiary/aromatic N) is 2. The van der Waals surface area contributed by atoms with Gasteiger partial charge in [0.1, 0.15) is 5.82 Å². The topological polar surface area (TPSA) is 50.3 Å². The minimum absolute atomic E-state index is 0.0315. The molecule has 0 N–H and O–H groups in total. The lowest BCUT2D eigenvalue weighted by Gasteiger charge is -2.25. The fraction of sp³-hybridized carbons (Fsp3) is 0.167. The molecule has 28 heavy (non-hydrogen) atoms. The zero-order chi connectivity index (χ0) is 20.5. The van der Waals surface area contributed by atoms with Gasteiger partial charge in [-0.3, -0.25) is 4.31 Å². The number of halogens is 4. The Morgan fingerprint density at radius 1 is 1.07 bits per heavy atom. The van der Waals surface area contributed by atoms with Crippen molar-refractivity contribution in [3.8, 4) is 0 Å². The summed E-state index contributed by atoms with van der Waals surface area (Å²) < 4.78 is 80.7. The van der Waals surface area contributed by atoms with Crippen molar-refractivity contribution >= 4 is 27.0 Å². The molecule has 2 aromatic carbocycles. The first-order chi connectivity index (χ1) is 13.1. The van der Waals surface area contributed by atoms with Crippen LogP contribution in [0.1, 0.15) is 16.3 Å². The second-order valence-electron chi connectivity index (χ2n) is 5.84.